The van der Waals surface area contributed by atoms with Gasteiger partial charge >= 0.3 is 0 Å². The summed E-state index contributed by atoms with van der Waals surface area (Å²) in [5.74, 6) is 1.56. The Balaban J connectivity index is 1.27. The van der Waals surface area contributed by atoms with Crippen LogP contribution >= 0.6 is 11.3 Å². The van der Waals surface area contributed by atoms with E-state index in [0.29, 0.717) is 5.92 Å². The molecule has 3 heterocycles. The molecule has 0 aliphatic carbocycles. The molecule has 136 valence electrons. The van der Waals surface area contributed by atoms with Gasteiger partial charge in [0.2, 0.25) is 0 Å². The van der Waals surface area contributed by atoms with Gasteiger partial charge in [0.15, 0.2) is 0 Å². The van der Waals surface area contributed by atoms with Gasteiger partial charge in [-0.2, -0.15) is 0 Å². The van der Waals surface area contributed by atoms with E-state index in [0.717, 1.165) is 30.7 Å². The first kappa shape index (κ1) is 17.4. The number of benzene rings is 1. The fraction of sp³-hybridized carbons (Fsp3) is 0.429. The highest BCUT2D eigenvalue weighted by molar-refractivity contribution is 7.19. The lowest BCUT2D eigenvalue weighted by Gasteiger charge is -2.31. The third kappa shape index (κ3) is 3.89. The van der Waals surface area contributed by atoms with Crippen molar-refractivity contribution in [3.63, 3.8) is 0 Å². The molecule has 1 fully saturated rings. The van der Waals surface area contributed by atoms with Crippen LogP contribution in [0.3, 0.4) is 0 Å². The Morgan fingerprint density at radius 3 is 2.81 bits per heavy atom. The number of nitrogens with zero attached hydrogens (tertiary/aromatic N) is 3. The van der Waals surface area contributed by atoms with Crippen molar-refractivity contribution in [2.24, 2.45) is 0 Å². The van der Waals surface area contributed by atoms with Crippen molar-refractivity contribution in [3.05, 3.63) is 53.3 Å². The van der Waals surface area contributed by atoms with Crippen molar-refractivity contribution in [1.82, 2.24) is 14.9 Å². The first-order valence-electron chi connectivity index (χ1n) is 9.39. The van der Waals surface area contributed by atoms with E-state index in [1.54, 1.807) is 18.4 Å². The molecular weight excluding hydrogens is 342 g/mol. The van der Waals surface area contributed by atoms with E-state index in [9.17, 15) is 0 Å². The third-order valence-corrected chi connectivity index (χ3v) is 6.35. The van der Waals surface area contributed by atoms with E-state index < -0.39 is 0 Å². The number of pyridine rings is 1. The van der Waals surface area contributed by atoms with Crippen LogP contribution in [0.15, 0.2) is 42.6 Å². The van der Waals surface area contributed by atoms with Gasteiger partial charge in [-0.25, -0.2) is 4.98 Å². The van der Waals surface area contributed by atoms with Crippen LogP contribution in [0, 0.1) is 0 Å². The zero-order valence-electron chi connectivity index (χ0n) is 15.2. The Bertz CT molecular complexity index is 841. The highest BCUT2D eigenvalue weighted by atomic mass is 32.1. The molecule has 1 aliphatic heterocycles. The van der Waals surface area contributed by atoms with E-state index in [2.05, 4.69) is 28.1 Å². The minimum absolute atomic E-state index is 0.629. The maximum Gasteiger partial charge on any atom is 0.138 e. The molecule has 1 saturated heterocycles. The van der Waals surface area contributed by atoms with Gasteiger partial charge in [-0.3, -0.25) is 4.98 Å². The molecule has 0 amide bonds. The number of rotatable bonds is 6. The van der Waals surface area contributed by atoms with E-state index in [-0.39, 0.29) is 0 Å². The van der Waals surface area contributed by atoms with Crippen LogP contribution < -0.4 is 4.74 Å². The van der Waals surface area contributed by atoms with E-state index in [1.165, 1.54) is 41.3 Å². The molecular formula is C21H25N3OS. The Morgan fingerprint density at radius 1 is 1.15 bits per heavy atom. The molecule has 26 heavy (non-hydrogen) atoms. The lowest BCUT2D eigenvalue weighted by Crippen LogP contribution is -2.34. The zero-order chi connectivity index (χ0) is 17.8. The Labute approximate surface area is 158 Å². The van der Waals surface area contributed by atoms with Crippen molar-refractivity contribution in [2.45, 2.75) is 31.6 Å². The highest BCUT2D eigenvalue weighted by Gasteiger charge is 2.21. The van der Waals surface area contributed by atoms with Crippen LogP contribution in [0.5, 0.6) is 5.75 Å². The number of ether oxygens (including phenoxy) is 1. The van der Waals surface area contributed by atoms with Gasteiger partial charge in [-0.1, -0.05) is 12.1 Å². The minimum Gasteiger partial charge on any atom is -0.495 e. The highest BCUT2D eigenvalue weighted by Crippen LogP contribution is 2.31. The molecule has 4 nitrogen and oxygen atoms in total. The second kappa shape index (κ2) is 8.14. The largest absolute Gasteiger partial charge is 0.495 e. The first-order chi connectivity index (χ1) is 12.8. The number of aromatic nitrogens is 2. The summed E-state index contributed by atoms with van der Waals surface area (Å²) in [5.41, 5.74) is 2.32. The number of likely N-dealkylation sites (tertiary alicyclic amines) is 1. The fourth-order valence-corrected chi connectivity index (χ4v) is 4.86. The fourth-order valence-electron chi connectivity index (χ4n) is 3.76. The summed E-state index contributed by atoms with van der Waals surface area (Å²) in [7, 11) is 1.72. The molecule has 0 unspecified atom stereocenters. The Kier molecular flexibility index (Phi) is 5.46. The molecule has 2 aromatic heterocycles. The van der Waals surface area contributed by atoms with E-state index in [1.807, 2.05) is 24.4 Å². The maximum absolute atomic E-state index is 5.44. The number of piperidine rings is 1. The monoisotopic (exact) mass is 367 g/mol. The number of methoxy groups -OCH3 is 1. The van der Waals surface area contributed by atoms with Crippen LogP contribution in [0.25, 0.3) is 10.2 Å². The number of hydrogen-bond acceptors (Lipinski definition) is 5. The molecule has 1 aliphatic rings. The standard InChI is InChI=1S/C21H25N3OS/c1-25-19-8-4-7-18-21(19)26-20(23-18)9-5-13-24-14-10-16(11-15-24)17-6-2-3-12-22-17/h2-4,6-8,12,16H,5,9-11,13-15H2,1H3. The Hall–Kier alpha value is -1.98. The molecule has 4 rings (SSSR count). The molecule has 0 spiro atoms. The second-order valence-electron chi connectivity index (χ2n) is 6.89. The average molecular weight is 368 g/mol. The lowest BCUT2D eigenvalue weighted by molar-refractivity contribution is 0.209. The van der Waals surface area contributed by atoms with Crippen molar-refractivity contribution < 1.29 is 4.74 Å². The minimum atomic E-state index is 0.629. The summed E-state index contributed by atoms with van der Waals surface area (Å²) in [6, 6.07) is 12.4. The maximum atomic E-state index is 5.44. The molecule has 0 bridgehead atoms. The predicted molar refractivity (Wildman–Crippen MR) is 107 cm³/mol. The molecule has 0 atom stereocenters. The zero-order valence-corrected chi connectivity index (χ0v) is 16.0. The average Bonchev–Trinajstić information content (AvgIpc) is 3.12. The summed E-state index contributed by atoms with van der Waals surface area (Å²) < 4.78 is 6.61. The molecule has 3 aromatic rings. The topological polar surface area (TPSA) is 38.2 Å². The van der Waals surface area contributed by atoms with Crippen LogP contribution in [0.1, 0.15) is 35.9 Å². The second-order valence-corrected chi connectivity index (χ2v) is 7.97. The van der Waals surface area contributed by atoms with Crippen molar-refractivity contribution >= 4 is 21.6 Å². The number of aryl methyl sites for hydroxylation is 1. The molecule has 5 heteroatoms. The molecule has 1 aromatic carbocycles. The SMILES string of the molecule is COc1cccc2nc(CCCN3CCC(c4ccccn4)CC3)sc12. The van der Waals surface area contributed by atoms with Gasteiger partial charge in [0.1, 0.15) is 5.75 Å². The molecule has 0 radical (unpaired) electrons. The van der Waals surface area contributed by atoms with Crippen LogP contribution in [0.2, 0.25) is 0 Å². The van der Waals surface area contributed by atoms with E-state index in [4.69, 9.17) is 9.72 Å². The number of thiazole rings is 1. The van der Waals surface area contributed by atoms with Gasteiger partial charge in [-0.05, 0) is 63.2 Å². The first-order valence-corrected chi connectivity index (χ1v) is 10.2. The van der Waals surface area contributed by atoms with Gasteiger partial charge in [0.25, 0.3) is 0 Å². The molecule has 0 saturated carbocycles. The summed E-state index contributed by atoms with van der Waals surface area (Å²) in [6.07, 6.45) is 6.55. The van der Waals surface area contributed by atoms with Crippen molar-refractivity contribution in [1.29, 1.82) is 0 Å². The van der Waals surface area contributed by atoms with Gasteiger partial charge < -0.3 is 9.64 Å². The van der Waals surface area contributed by atoms with Gasteiger partial charge in [0.05, 0.1) is 22.3 Å². The summed E-state index contributed by atoms with van der Waals surface area (Å²) in [6.45, 7) is 3.51. The molecule has 0 N–H and O–H groups in total. The number of hydrogen-bond donors (Lipinski definition) is 0. The Morgan fingerprint density at radius 2 is 2.04 bits per heavy atom. The van der Waals surface area contributed by atoms with Gasteiger partial charge in [0, 0.05) is 24.2 Å². The summed E-state index contributed by atoms with van der Waals surface area (Å²) >= 11 is 1.77. The van der Waals surface area contributed by atoms with Crippen molar-refractivity contribution in [3.8, 4) is 5.75 Å². The van der Waals surface area contributed by atoms with E-state index >= 15 is 0 Å². The van der Waals surface area contributed by atoms with Crippen molar-refractivity contribution in [2.75, 3.05) is 26.7 Å². The predicted octanol–water partition coefficient (Wildman–Crippen LogP) is 4.51. The number of fused-ring (bicyclic) bond motifs is 1. The third-order valence-electron chi connectivity index (χ3n) is 5.20. The van der Waals surface area contributed by atoms with Crippen LogP contribution in [-0.2, 0) is 6.42 Å². The van der Waals surface area contributed by atoms with Crippen LogP contribution in [-0.4, -0.2) is 41.6 Å². The summed E-state index contributed by atoms with van der Waals surface area (Å²) in [5, 5.41) is 1.22. The lowest BCUT2D eigenvalue weighted by atomic mass is 9.93. The van der Waals surface area contributed by atoms with Crippen LogP contribution in [0.4, 0.5) is 0 Å². The van der Waals surface area contributed by atoms with Gasteiger partial charge in [-0.15, -0.1) is 11.3 Å². The smallest absolute Gasteiger partial charge is 0.138 e. The summed E-state index contributed by atoms with van der Waals surface area (Å²) in [4.78, 5) is 11.9. The quantitative estimate of drug-likeness (QED) is 0.642. The normalized spacial score (nSPS) is 16.2.